The molecule has 2 fully saturated rings. The van der Waals surface area contributed by atoms with Gasteiger partial charge < -0.3 is 4.90 Å². The monoisotopic (exact) mass is 313 g/mol. The van der Waals surface area contributed by atoms with Gasteiger partial charge in [0.25, 0.3) is 0 Å². The van der Waals surface area contributed by atoms with Crippen LogP contribution in [0.3, 0.4) is 0 Å². The average molecular weight is 313 g/mol. The number of likely N-dealkylation sites (tertiary alicyclic amines) is 2. The lowest BCUT2D eigenvalue weighted by Crippen LogP contribution is -2.33. The topological polar surface area (TPSA) is 37.2 Å². The van der Waals surface area contributed by atoms with Gasteiger partial charge in [-0.05, 0) is 64.5 Å². The maximum Gasteiger partial charge on any atom is 0.161 e. The Labute approximate surface area is 138 Å². The molecule has 0 bridgehead atoms. The van der Waals surface area contributed by atoms with Crippen molar-refractivity contribution in [3.8, 4) is 0 Å². The molecule has 2 saturated heterocycles. The maximum atomic E-state index is 5.03. The first-order valence-corrected chi connectivity index (χ1v) is 9.03. The number of fused-ring (bicyclic) bond motifs is 1. The summed E-state index contributed by atoms with van der Waals surface area (Å²) in [5, 5.41) is 0. The molecule has 124 valence electrons. The van der Waals surface area contributed by atoms with Crippen LogP contribution in [0.25, 0.3) is 11.2 Å². The molecule has 0 aromatic carbocycles. The fraction of sp³-hybridized carbons (Fsp3) is 0.667. The van der Waals surface area contributed by atoms with Crippen LogP contribution < -0.4 is 0 Å². The van der Waals surface area contributed by atoms with Gasteiger partial charge >= 0.3 is 0 Å². The van der Waals surface area contributed by atoms with Crippen LogP contribution in [0.1, 0.15) is 50.5 Å². The van der Waals surface area contributed by atoms with E-state index in [1.807, 2.05) is 12.3 Å². The van der Waals surface area contributed by atoms with Crippen molar-refractivity contribution >= 4 is 11.2 Å². The molecule has 0 aliphatic carbocycles. The zero-order chi connectivity index (χ0) is 15.8. The lowest BCUT2D eigenvalue weighted by atomic mass is 9.96. The first-order valence-electron chi connectivity index (χ1n) is 9.03. The standard InChI is InChI=1S/C18H27N5/c1-3-22-11-5-7-16(22)23-17(14-8-12-21(2)13-9-14)20-15-6-4-10-19-18(15)23/h4,6,10,14,16H,3,5,7-9,11-13H2,1-2H3. The van der Waals surface area contributed by atoms with Gasteiger partial charge in [0.05, 0.1) is 6.17 Å². The number of rotatable bonds is 3. The van der Waals surface area contributed by atoms with Gasteiger partial charge in [-0.3, -0.25) is 9.47 Å². The summed E-state index contributed by atoms with van der Waals surface area (Å²) < 4.78 is 2.47. The first-order chi connectivity index (χ1) is 11.3. The number of piperidine rings is 1. The molecule has 0 spiro atoms. The highest BCUT2D eigenvalue weighted by atomic mass is 15.3. The molecule has 5 nitrogen and oxygen atoms in total. The fourth-order valence-electron chi connectivity index (χ4n) is 4.27. The SMILES string of the molecule is CCN1CCCC1n1c(C2CCN(C)CC2)nc2cccnc21. The van der Waals surface area contributed by atoms with Crippen molar-refractivity contribution in [1.82, 2.24) is 24.3 Å². The molecule has 0 amide bonds. The Morgan fingerprint density at radius 2 is 2.00 bits per heavy atom. The van der Waals surface area contributed by atoms with Crippen LogP contribution in [-0.4, -0.2) is 57.6 Å². The highest BCUT2D eigenvalue weighted by Gasteiger charge is 2.32. The minimum atomic E-state index is 0.439. The van der Waals surface area contributed by atoms with Gasteiger partial charge in [-0.15, -0.1) is 0 Å². The molecule has 5 heteroatoms. The van der Waals surface area contributed by atoms with Gasteiger partial charge in [0, 0.05) is 18.7 Å². The van der Waals surface area contributed by atoms with E-state index in [0.717, 1.165) is 17.7 Å². The first kappa shape index (κ1) is 15.1. The fourth-order valence-corrected chi connectivity index (χ4v) is 4.27. The predicted octanol–water partition coefficient (Wildman–Crippen LogP) is 2.85. The average Bonchev–Trinajstić information content (AvgIpc) is 3.18. The number of pyridine rings is 1. The summed E-state index contributed by atoms with van der Waals surface area (Å²) in [7, 11) is 2.22. The van der Waals surface area contributed by atoms with Crippen molar-refractivity contribution in [2.24, 2.45) is 0 Å². The third-order valence-corrected chi connectivity index (χ3v) is 5.59. The summed E-state index contributed by atoms with van der Waals surface area (Å²) in [6.45, 7) is 6.90. The molecule has 2 aliphatic heterocycles. The number of hydrogen-bond acceptors (Lipinski definition) is 4. The lowest BCUT2D eigenvalue weighted by Gasteiger charge is -2.31. The van der Waals surface area contributed by atoms with Gasteiger partial charge in [-0.1, -0.05) is 6.92 Å². The van der Waals surface area contributed by atoms with Gasteiger partial charge in [0.15, 0.2) is 5.65 Å². The van der Waals surface area contributed by atoms with Crippen molar-refractivity contribution < 1.29 is 0 Å². The molecule has 2 aromatic rings. The minimum Gasteiger partial charge on any atom is -0.306 e. The molecule has 0 N–H and O–H groups in total. The summed E-state index contributed by atoms with van der Waals surface area (Å²) in [6, 6.07) is 4.12. The summed E-state index contributed by atoms with van der Waals surface area (Å²) in [5.41, 5.74) is 2.14. The van der Waals surface area contributed by atoms with Gasteiger partial charge in [-0.25, -0.2) is 9.97 Å². The van der Waals surface area contributed by atoms with E-state index < -0.39 is 0 Å². The van der Waals surface area contributed by atoms with E-state index in [4.69, 9.17) is 4.98 Å². The van der Waals surface area contributed by atoms with Gasteiger partial charge in [0.1, 0.15) is 11.3 Å². The predicted molar refractivity (Wildman–Crippen MR) is 92.5 cm³/mol. The van der Waals surface area contributed by atoms with Crippen LogP contribution in [0.15, 0.2) is 18.3 Å². The largest absolute Gasteiger partial charge is 0.306 e. The lowest BCUT2D eigenvalue weighted by molar-refractivity contribution is 0.193. The third-order valence-electron chi connectivity index (χ3n) is 5.59. The number of hydrogen-bond donors (Lipinski definition) is 0. The minimum absolute atomic E-state index is 0.439. The number of imidazole rings is 1. The second-order valence-corrected chi connectivity index (χ2v) is 7.02. The molecule has 1 unspecified atom stereocenters. The second kappa shape index (κ2) is 6.21. The van der Waals surface area contributed by atoms with Crippen LogP contribution in [0.2, 0.25) is 0 Å². The van der Waals surface area contributed by atoms with E-state index in [1.165, 1.54) is 51.1 Å². The van der Waals surface area contributed by atoms with Crippen molar-refractivity contribution in [3.63, 3.8) is 0 Å². The Morgan fingerprint density at radius 3 is 2.78 bits per heavy atom. The number of aromatic nitrogens is 3. The molecule has 2 aliphatic rings. The van der Waals surface area contributed by atoms with Crippen molar-refractivity contribution in [3.05, 3.63) is 24.2 Å². The molecule has 1 atom stereocenters. The van der Waals surface area contributed by atoms with Crippen molar-refractivity contribution in [2.75, 3.05) is 33.2 Å². The summed E-state index contributed by atoms with van der Waals surface area (Å²) in [6.07, 6.45) is 7.25. The highest BCUT2D eigenvalue weighted by Crippen LogP contribution is 2.36. The normalized spacial score (nSPS) is 24.7. The zero-order valence-corrected chi connectivity index (χ0v) is 14.3. The molecule has 0 saturated carbocycles. The zero-order valence-electron chi connectivity index (χ0n) is 14.3. The van der Waals surface area contributed by atoms with E-state index in [2.05, 4.69) is 39.4 Å². The maximum absolute atomic E-state index is 5.03. The van der Waals surface area contributed by atoms with E-state index in [0.29, 0.717) is 12.1 Å². The van der Waals surface area contributed by atoms with E-state index in [-0.39, 0.29) is 0 Å². The van der Waals surface area contributed by atoms with Crippen molar-refractivity contribution in [2.45, 2.75) is 44.7 Å². The van der Waals surface area contributed by atoms with Gasteiger partial charge in [-0.2, -0.15) is 0 Å². The molecule has 4 rings (SSSR count). The Balaban J connectivity index is 1.78. The van der Waals surface area contributed by atoms with E-state index in [1.54, 1.807) is 0 Å². The Morgan fingerprint density at radius 1 is 1.17 bits per heavy atom. The smallest absolute Gasteiger partial charge is 0.161 e. The molecular formula is C18H27N5. The Bertz CT molecular complexity index is 671. The number of nitrogens with zero attached hydrogens (tertiary/aromatic N) is 5. The van der Waals surface area contributed by atoms with E-state index in [9.17, 15) is 0 Å². The van der Waals surface area contributed by atoms with Crippen LogP contribution in [0.4, 0.5) is 0 Å². The molecule has 2 aromatic heterocycles. The quantitative estimate of drug-likeness (QED) is 0.873. The summed E-state index contributed by atoms with van der Waals surface area (Å²) >= 11 is 0. The molecule has 4 heterocycles. The van der Waals surface area contributed by atoms with Crippen LogP contribution >= 0.6 is 0 Å². The Hall–Kier alpha value is -1.46. The summed E-state index contributed by atoms with van der Waals surface area (Å²) in [5.74, 6) is 1.84. The van der Waals surface area contributed by atoms with Crippen molar-refractivity contribution in [1.29, 1.82) is 0 Å². The second-order valence-electron chi connectivity index (χ2n) is 7.02. The third kappa shape index (κ3) is 2.66. The van der Waals surface area contributed by atoms with Crippen LogP contribution in [0, 0.1) is 0 Å². The Kier molecular flexibility index (Phi) is 4.07. The molecule has 23 heavy (non-hydrogen) atoms. The van der Waals surface area contributed by atoms with E-state index >= 15 is 0 Å². The molecular weight excluding hydrogens is 286 g/mol. The summed E-state index contributed by atoms with van der Waals surface area (Å²) in [4.78, 5) is 14.7. The molecule has 0 radical (unpaired) electrons. The van der Waals surface area contributed by atoms with Crippen LogP contribution in [0.5, 0.6) is 0 Å². The highest BCUT2D eigenvalue weighted by molar-refractivity contribution is 5.71. The van der Waals surface area contributed by atoms with Gasteiger partial charge in [0.2, 0.25) is 0 Å². The van der Waals surface area contributed by atoms with Crippen LogP contribution in [-0.2, 0) is 0 Å².